The fraction of sp³-hybridized carbons (Fsp3) is 0.846. The van der Waals surface area contributed by atoms with Crippen molar-refractivity contribution in [1.82, 2.24) is 15.0 Å². The van der Waals surface area contributed by atoms with E-state index in [-0.39, 0.29) is 5.41 Å². The van der Waals surface area contributed by atoms with Crippen LogP contribution in [0, 0.1) is 5.41 Å². The van der Waals surface area contributed by atoms with Crippen LogP contribution in [0.1, 0.15) is 50.6 Å². The van der Waals surface area contributed by atoms with Gasteiger partial charge in [-0.2, -0.15) is 0 Å². The summed E-state index contributed by atoms with van der Waals surface area (Å²) in [5.74, 6) is 0. The fourth-order valence-electron chi connectivity index (χ4n) is 2.97. The molecule has 0 unspecified atom stereocenters. The van der Waals surface area contributed by atoms with E-state index in [0.29, 0.717) is 0 Å². The average molecular weight is 236 g/mol. The molecule has 1 aliphatic rings. The van der Waals surface area contributed by atoms with Crippen LogP contribution in [0.4, 0.5) is 0 Å². The molecule has 0 aromatic carbocycles. The molecule has 1 heterocycles. The molecule has 1 fully saturated rings. The van der Waals surface area contributed by atoms with Crippen LogP contribution in [0.15, 0.2) is 6.20 Å². The van der Waals surface area contributed by atoms with Crippen molar-refractivity contribution in [2.24, 2.45) is 18.2 Å². The lowest BCUT2D eigenvalue weighted by Crippen LogP contribution is -2.33. The van der Waals surface area contributed by atoms with Crippen molar-refractivity contribution in [3.05, 3.63) is 11.9 Å². The van der Waals surface area contributed by atoms with Crippen molar-refractivity contribution in [2.75, 3.05) is 6.54 Å². The minimum absolute atomic E-state index is 0.274. The van der Waals surface area contributed by atoms with E-state index in [0.717, 1.165) is 18.7 Å². The predicted molar refractivity (Wildman–Crippen MR) is 68.5 cm³/mol. The van der Waals surface area contributed by atoms with Gasteiger partial charge in [-0.15, -0.1) is 5.10 Å². The van der Waals surface area contributed by atoms with Crippen LogP contribution in [-0.4, -0.2) is 21.5 Å². The van der Waals surface area contributed by atoms with E-state index in [1.807, 2.05) is 13.2 Å². The Balaban J connectivity index is 2.05. The molecule has 1 aromatic rings. The summed E-state index contributed by atoms with van der Waals surface area (Å²) >= 11 is 0. The quantitative estimate of drug-likeness (QED) is 0.874. The van der Waals surface area contributed by atoms with Gasteiger partial charge in [-0.3, -0.25) is 4.68 Å². The first kappa shape index (κ1) is 12.6. The Hall–Kier alpha value is -0.900. The molecule has 2 rings (SSSR count). The second-order valence-corrected chi connectivity index (χ2v) is 5.53. The van der Waals surface area contributed by atoms with Gasteiger partial charge < -0.3 is 5.73 Å². The van der Waals surface area contributed by atoms with Crippen LogP contribution in [-0.2, 0) is 13.5 Å². The van der Waals surface area contributed by atoms with Gasteiger partial charge in [0.15, 0.2) is 0 Å². The zero-order valence-electron chi connectivity index (χ0n) is 10.9. The van der Waals surface area contributed by atoms with E-state index >= 15 is 0 Å². The lowest BCUT2D eigenvalue weighted by molar-refractivity contribution is 0.215. The molecule has 1 aliphatic carbocycles. The predicted octanol–water partition coefficient (Wildman–Crippen LogP) is 2.05. The van der Waals surface area contributed by atoms with Gasteiger partial charge in [0.1, 0.15) is 0 Å². The third-order valence-electron chi connectivity index (χ3n) is 4.05. The van der Waals surface area contributed by atoms with Crippen molar-refractivity contribution >= 4 is 0 Å². The standard InChI is InChI=1S/C13H24N4/c1-17-10-12(15-16-17)9-13(11-14)7-5-3-2-4-6-8-13/h10H,2-9,11,14H2,1H3. The molecule has 0 amide bonds. The summed E-state index contributed by atoms with van der Waals surface area (Å²) in [5.41, 5.74) is 7.43. The normalized spacial score (nSPS) is 20.8. The average Bonchev–Trinajstić information content (AvgIpc) is 2.68. The summed E-state index contributed by atoms with van der Waals surface area (Å²) in [7, 11) is 1.92. The highest BCUT2D eigenvalue weighted by Gasteiger charge is 2.30. The van der Waals surface area contributed by atoms with Gasteiger partial charge in [0.05, 0.1) is 5.69 Å². The van der Waals surface area contributed by atoms with Crippen LogP contribution in [0.5, 0.6) is 0 Å². The monoisotopic (exact) mass is 236 g/mol. The topological polar surface area (TPSA) is 56.7 Å². The number of rotatable bonds is 3. The van der Waals surface area contributed by atoms with Crippen LogP contribution in [0.25, 0.3) is 0 Å². The molecule has 1 aromatic heterocycles. The first-order valence-electron chi connectivity index (χ1n) is 6.79. The SMILES string of the molecule is Cn1cc(CC2(CN)CCCCCCC2)nn1. The highest BCUT2D eigenvalue weighted by Crippen LogP contribution is 2.35. The minimum Gasteiger partial charge on any atom is -0.330 e. The molecular formula is C13H24N4. The van der Waals surface area contributed by atoms with Crippen molar-refractivity contribution in [1.29, 1.82) is 0 Å². The zero-order chi connectivity index (χ0) is 12.1. The lowest BCUT2D eigenvalue weighted by atomic mass is 9.73. The number of nitrogens with two attached hydrogens (primary N) is 1. The van der Waals surface area contributed by atoms with E-state index in [1.165, 1.54) is 44.9 Å². The number of nitrogens with zero attached hydrogens (tertiary/aromatic N) is 3. The van der Waals surface area contributed by atoms with Gasteiger partial charge in [0.2, 0.25) is 0 Å². The maximum atomic E-state index is 6.06. The zero-order valence-corrected chi connectivity index (χ0v) is 10.9. The summed E-state index contributed by atoms with van der Waals surface area (Å²) in [6.45, 7) is 0.781. The van der Waals surface area contributed by atoms with Crippen LogP contribution in [0.3, 0.4) is 0 Å². The maximum Gasteiger partial charge on any atom is 0.0833 e. The molecule has 1 saturated carbocycles. The Labute approximate surface area is 104 Å². The molecular weight excluding hydrogens is 212 g/mol. The number of hydrogen-bond acceptors (Lipinski definition) is 3. The number of aromatic nitrogens is 3. The van der Waals surface area contributed by atoms with Crippen molar-refractivity contribution < 1.29 is 0 Å². The molecule has 0 aliphatic heterocycles. The van der Waals surface area contributed by atoms with Gasteiger partial charge in [0, 0.05) is 13.2 Å². The largest absolute Gasteiger partial charge is 0.330 e. The van der Waals surface area contributed by atoms with Gasteiger partial charge in [-0.05, 0) is 31.2 Å². The summed E-state index contributed by atoms with van der Waals surface area (Å²) in [5, 5.41) is 8.23. The van der Waals surface area contributed by atoms with E-state index in [4.69, 9.17) is 5.73 Å². The first-order valence-corrected chi connectivity index (χ1v) is 6.79. The van der Waals surface area contributed by atoms with Gasteiger partial charge in [-0.25, -0.2) is 0 Å². The molecule has 0 radical (unpaired) electrons. The molecule has 4 nitrogen and oxygen atoms in total. The van der Waals surface area contributed by atoms with Gasteiger partial charge in [0.25, 0.3) is 0 Å². The molecule has 2 N–H and O–H groups in total. The van der Waals surface area contributed by atoms with Crippen molar-refractivity contribution in [2.45, 2.75) is 51.4 Å². The van der Waals surface area contributed by atoms with E-state index in [2.05, 4.69) is 10.3 Å². The van der Waals surface area contributed by atoms with E-state index < -0.39 is 0 Å². The Morgan fingerprint density at radius 1 is 1.24 bits per heavy atom. The Kier molecular flexibility index (Phi) is 4.15. The molecule has 96 valence electrons. The Morgan fingerprint density at radius 3 is 2.41 bits per heavy atom. The molecule has 0 spiro atoms. The first-order chi connectivity index (χ1) is 8.24. The second-order valence-electron chi connectivity index (χ2n) is 5.53. The number of aryl methyl sites for hydroxylation is 1. The third kappa shape index (κ3) is 3.28. The fourth-order valence-corrected chi connectivity index (χ4v) is 2.97. The molecule has 4 heteroatoms. The summed E-state index contributed by atoms with van der Waals surface area (Å²) in [6.07, 6.45) is 12.3. The van der Waals surface area contributed by atoms with Crippen molar-refractivity contribution in [3.63, 3.8) is 0 Å². The summed E-state index contributed by atoms with van der Waals surface area (Å²) < 4.78 is 1.78. The van der Waals surface area contributed by atoms with E-state index in [9.17, 15) is 0 Å². The Bertz CT molecular complexity index is 337. The third-order valence-corrected chi connectivity index (χ3v) is 4.05. The maximum absolute atomic E-state index is 6.06. The highest BCUT2D eigenvalue weighted by atomic mass is 15.4. The highest BCUT2D eigenvalue weighted by molar-refractivity contribution is 4.99. The van der Waals surface area contributed by atoms with Crippen LogP contribution in [0.2, 0.25) is 0 Å². The Morgan fingerprint density at radius 2 is 1.88 bits per heavy atom. The molecule has 17 heavy (non-hydrogen) atoms. The molecule has 0 atom stereocenters. The van der Waals surface area contributed by atoms with Gasteiger partial charge in [-0.1, -0.05) is 37.3 Å². The van der Waals surface area contributed by atoms with Crippen LogP contribution < -0.4 is 5.73 Å². The lowest BCUT2D eigenvalue weighted by Gasteiger charge is -2.33. The van der Waals surface area contributed by atoms with Gasteiger partial charge >= 0.3 is 0 Å². The minimum atomic E-state index is 0.274. The molecule has 0 bridgehead atoms. The second kappa shape index (κ2) is 5.63. The van der Waals surface area contributed by atoms with Crippen LogP contribution >= 0.6 is 0 Å². The summed E-state index contributed by atoms with van der Waals surface area (Å²) in [6, 6.07) is 0. The number of hydrogen-bond donors (Lipinski definition) is 1. The summed E-state index contributed by atoms with van der Waals surface area (Å²) in [4.78, 5) is 0. The molecule has 0 saturated heterocycles. The van der Waals surface area contributed by atoms with Crippen molar-refractivity contribution in [3.8, 4) is 0 Å². The van der Waals surface area contributed by atoms with E-state index in [1.54, 1.807) is 4.68 Å². The smallest absolute Gasteiger partial charge is 0.0833 e.